The van der Waals surface area contributed by atoms with Gasteiger partial charge < -0.3 is 30.5 Å². The number of benzene rings is 3. The van der Waals surface area contributed by atoms with Gasteiger partial charge in [-0.2, -0.15) is 10.2 Å². The average Bonchev–Trinajstić information content (AvgIpc) is 3.90. The molecule has 62 heavy (non-hydrogen) atoms. The number of unbranched alkanes of at least 4 members (excludes halogenated alkanes) is 2. The molecule has 5 N–H and O–H groups in total. The van der Waals surface area contributed by atoms with Gasteiger partial charge in [-0.3, -0.25) is 39.1 Å². The number of ether oxygens (including phenoxy) is 1. The zero-order chi connectivity index (χ0) is 43.4. The van der Waals surface area contributed by atoms with E-state index in [4.69, 9.17) is 4.74 Å². The smallest absolute Gasteiger partial charge is 0.277 e. The second-order valence-electron chi connectivity index (χ2n) is 15.4. The summed E-state index contributed by atoms with van der Waals surface area (Å²) in [6.07, 6.45) is 5.76. The van der Waals surface area contributed by atoms with Gasteiger partial charge in [0, 0.05) is 81.0 Å². The molecule has 0 bridgehead atoms. The van der Waals surface area contributed by atoms with Gasteiger partial charge in [0.25, 0.3) is 5.91 Å². The number of nitrogens with one attached hydrogen (secondary N) is 5. The number of rotatable bonds is 19. The van der Waals surface area contributed by atoms with Gasteiger partial charge in [-0.1, -0.05) is 12.5 Å². The largest absolute Gasteiger partial charge is 0.378 e. The van der Waals surface area contributed by atoms with Gasteiger partial charge in [0.05, 0.1) is 25.3 Å². The summed E-state index contributed by atoms with van der Waals surface area (Å²) in [5.41, 5.74) is 4.00. The first kappa shape index (κ1) is 43.4. The van der Waals surface area contributed by atoms with Crippen molar-refractivity contribution in [1.82, 2.24) is 35.5 Å². The van der Waals surface area contributed by atoms with E-state index in [1.54, 1.807) is 23.0 Å². The maximum atomic E-state index is 13.7. The van der Waals surface area contributed by atoms with Crippen LogP contribution in [0.15, 0.2) is 72.9 Å². The minimum atomic E-state index is -0.645. The molecule has 5 aromatic rings. The number of amides is 5. The molecule has 5 amide bonds. The van der Waals surface area contributed by atoms with Crippen molar-refractivity contribution in [1.29, 1.82) is 0 Å². The van der Waals surface area contributed by atoms with E-state index in [0.717, 1.165) is 48.9 Å². The number of H-pyrrole nitrogens is 1. The van der Waals surface area contributed by atoms with E-state index in [9.17, 15) is 32.8 Å². The lowest BCUT2D eigenvalue weighted by Gasteiger charge is -2.36. The van der Waals surface area contributed by atoms with Crippen LogP contribution in [0.2, 0.25) is 0 Å². The van der Waals surface area contributed by atoms with Gasteiger partial charge in [-0.25, -0.2) is 8.78 Å². The van der Waals surface area contributed by atoms with Crippen LogP contribution in [0.5, 0.6) is 0 Å². The van der Waals surface area contributed by atoms with Crippen LogP contribution in [-0.2, 0) is 36.9 Å². The van der Waals surface area contributed by atoms with Gasteiger partial charge in [0.15, 0.2) is 11.5 Å². The number of carbonyl (C=O) groups excluding carboxylic acids is 5. The molecule has 0 saturated carbocycles. The number of aromatic nitrogens is 4. The van der Waals surface area contributed by atoms with E-state index in [1.807, 2.05) is 41.3 Å². The standard InChI is InChI=1S/C44H50F2N10O6/c45-31-25-30(26-32(46)28-31)24-29-6-11-36-35(27-29)42(52-51-36)50-44(61)38-14-16-56(53-38)21-23-62-22-15-47-39(57)4-2-1-3-5-41(59)55-19-17-54(18-20-55)34-9-7-33(8-10-34)48-37-12-13-40(58)49-43(37)60/h6-11,14,16,25-28,37,48H,1-5,12-13,15,17-24H2,(H,47,57)(H,49,58,60)(H2,50,51,52,61). The van der Waals surface area contributed by atoms with Gasteiger partial charge in [-0.15, -0.1) is 0 Å². The molecule has 2 aromatic heterocycles. The highest BCUT2D eigenvalue weighted by molar-refractivity contribution is 6.07. The van der Waals surface area contributed by atoms with Crippen LogP contribution < -0.4 is 26.2 Å². The summed E-state index contributed by atoms with van der Waals surface area (Å²) >= 11 is 0. The van der Waals surface area contributed by atoms with Crippen LogP contribution in [0.4, 0.5) is 26.0 Å². The number of nitrogens with zero attached hydrogens (tertiary/aromatic N) is 5. The van der Waals surface area contributed by atoms with E-state index in [2.05, 4.69) is 41.5 Å². The Labute approximate surface area is 356 Å². The zero-order valence-electron chi connectivity index (χ0n) is 34.3. The molecule has 7 rings (SSSR count). The van der Waals surface area contributed by atoms with E-state index in [-0.39, 0.29) is 29.3 Å². The molecule has 1 unspecified atom stereocenters. The fourth-order valence-corrected chi connectivity index (χ4v) is 7.52. The molecule has 3 aromatic carbocycles. The van der Waals surface area contributed by atoms with Crippen molar-refractivity contribution >= 4 is 57.6 Å². The lowest BCUT2D eigenvalue weighted by Crippen LogP contribution is -2.48. The first-order chi connectivity index (χ1) is 30.1. The Morgan fingerprint density at radius 3 is 2.40 bits per heavy atom. The third-order valence-electron chi connectivity index (χ3n) is 10.8. The van der Waals surface area contributed by atoms with Crippen molar-refractivity contribution in [3.05, 3.63) is 101 Å². The topological polar surface area (TPSA) is 196 Å². The Hall–Kier alpha value is -6.69. The summed E-state index contributed by atoms with van der Waals surface area (Å²) in [5, 5.41) is 23.2. The summed E-state index contributed by atoms with van der Waals surface area (Å²) in [5.74, 6) is -1.93. The molecule has 326 valence electrons. The predicted octanol–water partition coefficient (Wildman–Crippen LogP) is 4.53. The first-order valence-corrected chi connectivity index (χ1v) is 20.9. The van der Waals surface area contributed by atoms with Gasteiger partial charge in [-0.05, 0) is 91.4 Å². The molecule has 0 radical (unpaired) electrons. The molecule has 2 aliphatic rings. The van der Waals surface area contributed by atoms with Gasteiger partial charge in [0.2, 0.25) is 23.6 Å². The van der Waals surface area contributed by atoms with Gasteiger partial charge >= 0.3 is 0 Å². The van der Waals surface area contributed by atoms with Crippen molar-refractivity contribution in [2.75, 3.05) is 61.5 Å². The third kappa shape index (κ3) is 12.0. The Bertz CT molecular complexity index is 2360. The van der Waals surface area contributed by atoms with Crippen LogP contribution >= 0.6 is 0 Å². The maximum Gasteiger partial charge on any atom is 0.277 e. The lowest BCUT2D eigenvalue weighted by molar-refractivity contribution is -0.134. The number of piperazine rings is 1. The summed E-state index contributed by atoms with van der Waals surface area (Å²) < 4.78 is 34.6. The Morgan fingerprint density at radius 1 is 0.855 bits per heavy atom. The van der Waals surface area contributed by atoms with Crippen LogP contribution in [0.1, 0.15) is 66.6 Å². The molecule has 2 saturated heterocycles. The summed E-state index contributed by atoms with van der Waals surface area (Å²) in [6, 6.07) is 17.8. The summed E-state index contributed by atoms with van der Waals surface area (Å²) in [6.45, 7) is 4.12. The zero-order valence-corrected chi connectivity index (χ0v) is 34.3. The lowest BCUT2D eigenvalue weighted by atomic mass is 10.0. The Morgan fingerprint density at radius 2 is 1.63 bits per heavy atom. The van der Waals surface area contributed by atoms with Crippen molar-refractivity contribution in [2.24, 2.45) is 0 Å². The van der Waals surface area contributed by atoms with Crippen LogP contribution in [0, 0.1) is 11.6 Å². The number of carbonyl (C=O) groups is 5. The second kappa shape index (κ2) is 20.7. The number of hydrogen-bond donors (Lipinski definition) is 5. The number of fused-ring (bicyclic) bond motifs is 1. The van der Waals surface area contributed by atoms with Crippen molar-refractivity contribution in [2.45, 2.75) is 64.0 Å². The highest BCUT2D eigenvalue weighted by Crippen LogP contribution is 2.25. The highest BCUT2D eigenvalue weighted by atomic mass is 19.1. The summed E-state index contributed by atoms with van der Waals surface area (Å²) in [4.78, 5) is 65.7. The molecule has 0 spiro atoms. The molecular formula is C44H50F2N10O6. The van der Waals surface area contributed by atoms with E-state index < -0.39 is 23.6 Å². The molecule has 0 aliphatic carbocycles. The number of anilines is 3. The Balaban J connectivity index is 0.714. The number of piperidine rings is 1. The molecule has 2 aliphatic heterocycles. The third-order valence-corrected chi connectivity index (χ3v) is 10.8. The quantitative estimate of drug-likeness (QED) is 0.0582. The van der Waals surface area contributed by atoms with E-state index in [1.165, 1.54) is 12.1 Å². The minimum absolute atomic E-state index is 0.0681. The first-order valence-electron chi connectivity index (χ1n) is 20.9. The van der Waals surface area contributed by atoms with Crippen LogP contribution in [0.3, 0.4) is 0 Å². The Kier molecular flexibility index (Phi) is 14.5. The monoisotopic (exact) mass is 852 g/mol. The van der Waals surface area contributed by atoms with Crippen molar-refractivity contribution in [3.8, 4) is 0 Å². The normalized spacial score (nSPS) is 15.4. The maximum absolute atomic E-state index is 13.7. The molecule has 1 atom stereocenters. The van der Waals surface area contributed by atoms with Crippen LogP contribution in [-0.4, -0.2) is 106 Å². The van der Waals surface area contributed by atoms with E-state index >= 15 is 0 Å². The number of hydrogen-bond acceptors (Lipinski definition) is 10. The summed E-state index contributed by atoms with van der Waals surface area (Å²) in [7, 11) is 0. The SMILES string of the molecule is O=C(CCCCCC(=O)N1CCN(c2ccc(NC3CCC(=O)NC3=O)cc2)CC1)NCCOCCn1ccc(C(=O)Nc2n[nH]c3ccc(Cc4cc(F)cc(F)c4)cc23)n1. The second-order valence-corrected chi connectivity index (χ2v) is 15.4. The number of halogens is 2. The van der Waals surface area contributed by atoms with Crippen LogP contribution in [0.25, 0.3) is 10.9 Å². The minimum Gasteiger partial charge on any atom is -0.378 e. The van der Waals surface area contributed by atoms with E-state index in [0.29, 0.717) is 100 Å². The predicted molar refractivity (Wildman–Crippen MR) is 227 cm³/mol. The number of imide groups is 1. The highest BCUT2D eigenvalue weighted by Gasteiger charge is 2.27. The fourth-order valence-electron chi connectivity index (χ4n) is 7.52. The van der Waals surface area contributed by atoms with Crippen molar-refractivity contribution < 1.29 is 37.5 Å². The molecule has 4 heterocycles. The van der Waals surface area contributed by atoms with Gasteiger partial charge in [0.1, 0.15) is 17.7 Å². The number of aromatic amines is 1. The molecule has 18 heteroatoms. The molecular weight excluding hydrogens is 803 g/mol. The fraction of sp³-hybridized carbons (Fsp3) is 0.386. The molecule has 16 nitrogen and oxygen atoms in total. The van der Waals surface area contributed by atoms with Crippen molar-refractivity contribution in [3.63, 3.8) is 0 Å². The molecule has 2 fully saturated rings. The average molecular weight is 853 g/mol.